The number of hydrogen-bond donors (Lipinski definition) is 0. The first-order chi connectivity index (χ1) is 17.9. The molecule has 0 N–H and O–H groups in total. The van der Waals surface area contributed by atoms with E-state index in [2.05, 4.69) is 159 Å². The topological polar surface area (TPSA) is 42.3 Å². The standard InChI is InChI=1S/C18H18.C9H7.3C2H6N.Ti/c1-15-7-11-17(12-8-15)5-3-4-6-18-13-9-16(2)10-14-18;1-2-5-9-7-3-6-8(9)4-1;3*1-3-2;/h3-14H,1-2H3;1-7H;3*1-2H3;/q;;3*-1;+3. The van der Waals surface area contributed by atoms with Crippen LogP contribution in [0, 0.1) is 13.8 Å². The predicted molar refractivity (Wildman–Crippen MR) is 164 cm³/mol. The zero-order valence-corrected chi connectivity index (χ0v) is 25.4. The maximum absolute atomic E-state index is 3.50. The number of allylic oxidation sites excluding steroid dienone is 3. The number of benzene rings is 3. The van der Waals surface area contributed by atoms with Gasteiger partial charge < -0.3 is 16.0 Å². The van der Waals surface area contributed by atoms with Gasteiger partial charge in [0.2, 0.25) is 0 Å². The number of fused-ring (bicyclic) bond motifs is 1. The summed E-state index contributed by atoms with van der Waals surface area (Å²) in [6.07, 6.45) is 12.8. The Morgan fingerprint density at radius 3 is 1.35 bits per heavy atom. The van der Waals surface area contributed by atoms with Crippen molar-refractivity contribution in [2.45, 2.75) is 18.1 Å². The molecule has 3 aromatic carbocycles. The molecule has 1 aliphatic carbocycles. The van der Waals surface area contributed by atoms with Gasteiger partial charge in [0.1, 0.15) is 0 Å². The fourth-order valence-electron chi connectivity index (χ4n) is 2.94. The number of hydrogen-bond acceptors (Lipinski definition) is 0. The van der Waals surface area contributed by atoms with Crippen LogP contribution in [-0.4, -0.2) is 42.3 Å². The summed E-state index contributed by atoms with van der Waals surface area (Å²) in [5.74, 6) is 0. The van der Waals surface area contributed by atoms with E-state index in [0.717, 1.165) is 0 Å². The fourth-order valence-corrected chi connectivity index (χ4v) is 3.50. The summed E-state index contributed by atoms with van der Waals surface area (Å²) >= 11 is 2.22. The van der Waals surface area contributed by atoms with Gasteiger partial charge in [-0.25, -0.2) is 0 Å². The Morgan fingerprint density at radius 1 is 0.595 bits per heavy atom. The van der Waals surface area contributed by atoms with Gasteiger partial charge in [-0.15, -0.1) is 0 Å². The Morgan fingerprint density at radius 2 is 0.973 bits per heavy atom. The second-order valence-electron chi connectivity index (χ2n) is 8.35. The molecule has 3 aromatic rings. The van der Waals surface area contributed by atoms with E-state index in [4.69, 9.17) is 0 Å². The first-order valence-electron chi connectivity index (χ1n) is 12.3. The molecule has 0 radical (unpaired) electrons. The van der Waals surface area contributed by atoms with Crippen LogP contribution in [0.3, 0.4) is 0 Å². The fraction of sp³-hybridized carbons (Fsp3) is 0.273. The van der Waals surface area contributed by atoms with E-state index < -0.39 is 0 Å². The van der Waals surface area contributed by atoms with Gasteiger partial charge in [-0.05, 0) is 25.0 Å². The zero-order chi connectivity index (χ0) is 27.9. The van der Waals surface area contributed by atoms with Crippen molar-refractivity contribution in [1.82, 2.24) is 0 Å². The average Bonchev–Trinajstić information content (AvgIpc) is 3.27. The molecule has 0 amide bonds. The molecule has 37 heavy (non-hydrogen) atoms. The molecule has 0 aromatic heterocycles. The Balaban J connectivity index is 0.000000570. The van der Waals surface area contributed by atoms with Gasteiger partial charge in [-0.2, -0.15) is 42.3 Å². The summed E-state index contributed by atoms with van der Waals surface area (Å²) in [6.45, 7) is 4.20. The summed E-state index contributed by atoms with van der Waals surface area (Å²) in [5, 5.41) is 10.5. The van der Waals surface area contributed by atoms with Crippen LogP contribution in [0.4, 0.5) is 0 Å². The molecule has 1 aliphatic rings. The van der Waals surface area contributed by atoms with Crippen molar-refractivity contribution in [3.8, 4) is 0 Å². The van der Waals surface area contributed by atoms with E-state index in [1.807, 2.05) is 0 Å². The molecule has 4 heteroatoms. The van der Waals surface area contributed by atoms with Crippen molar-refractivity contribution in [3.05, 3.63) is 140 Å². The molecule has 0 fully saturated rings. The summed E-state index contributed by atoms with van der Waals surface area (Å²) in [4.78, 5) is 0. The predicted octanol–water partition coefficient (Wildman–Crippen LogP) is 9.19. The van der Waals surface area contributed by atoms with Crippen LogP contribution in [0.25, 0.3) is 34.2 Å². The van der Waals surface area contributed by atoms with Gasteiger partial charge in [0.25, 0.3) is 0 Å². The Kier molecular flexibility index (Phi) is 21.1. The van der Waals surface area contributed by atoms with Crippen molar-refractivity contribution in [2.24, 2.45) is 0 Å². The first-order valence-corrected chi connectivity index (χ1v) is 13.2. The van der Waals surface area contributed by atoms with Crippen LogP contribution in [0.5, 0.6) is 0 Å². The van der Waals surface area contributed by atoms with Crippen LogP contribution < -0.4 is 0 Å². The van der Waals surface area contributed by atoms with Crippen molar-refractivity contribution >= 4 is 18.2 Å². The molecule has 194 valence electrons. The normalized spacial score (nSPS) is 12.8. The molecule has 0 spiro atoms. The number of nitrogens with zero attached hydrogens (tertiary/aromatic N) is 3. The van der Waals surface area contributed by atoms with Crippen LogP contribution in [0.15, 0.2) is 91.0 Å². The van der Waals surface area contributed by atoms with Crippen molar-refractivity contribution in [2.75, 3.05) is 42.3 Å². The van der Waals surface area contributed by atoms with E-state index in [9.17, 15) is 0 Å². The van der Waals surface area contributed by atoms with Crippen molar-refractivity contribution in [3.63, 3.8) is 0 Å². The molecule has 1 unspecified atom stereocenters. The summed E-state index contributed by atoms with van der Waals surface area (Å²) in [6, 6.07) is 25.6. The second kappa shape index (κ2) is 22.7. The van der Waals surface area contributed by atoms with Crippen molar-refractivity contribution < 1.29 is 20.4 Å². The maximum atomic E-state index is 3.50. The first kappa shape index (κ1) is 34.5. The van der Waals surface area contributed by atoms with Gasteiger partial charge in [0.15, 0.2) is 0 Å². The number of rotatable bonds is 3. The average molecular weight is 530 g/mol. The quantitative estimate of drug-likeness (QED) is 0.240. The Hall–Kier alpha value is -2.53. The zero-order valence-electron chi connectivity index (χ0n) is 23.8. The monoisotopic (exact) mass is 529 g/mol. The third-order valence-corrected chi connectivity index (χ3v) is 5.43. The third kappa shape index (κ3) is 16.8. The Labute approximate surface area is 238 Å². The number of aryl methyl sites for hydroxylation is 2. The van der Waals surface area contributed by atoms with Gasteiger partial charge in [-0.3, -0.25) is 0 Å². The van der Waals surface area contributed by atoms with Crippen LogP contribution >= 0.6 is 0 Å². The molecule has 0 aliphatic heterocycles. The summed E-state index contributed by atoms with van der Waals surface area (Å²) < 4.78 is 0.621. The van der Waals surface area contributed by atoms with Gasteiger partial charge in [-0.1, -0.05) is 84.0 Å². The van der Waals surface area contributed by atoms with Gasteiger partial charge in [0, 0.05) is 0 Å². The van der Waals surface area contributed by atoms with Gasteiger partial charge in [0.05, 0.1) is 0 Å². The van der Waals surface area contributed by atoms with Crippen LogP contribution in [0.2, 0.25) is 0 Å². The minimum absolute atomic E-state index is 0.621. The summed E-state index contributed by atoms with van der Waals surface area (Å²) in [5.41, 5.74) is 7.89. The molecule has 0 heterocycles. The van der Waals surface area contributed by atoms with E-state index in [1.54, 1.807) is 42.3 Å². The molecular formula is C33H43N3Ti. The molecular weight excluding hydrogens is 486 g/mol. The SMILES string of the molecule is C[N-]C.C[N-]C.C[N-]C.Cc1ccc(C=CC=Cc2ccc(C)cc2)cc1.[Ti+3][CH]1C=Cc2ccccc21. The summed E-state index contributed by atoms with van der Waals surface area (Å²) in [7, 11) is 10.5. The molecule has 4 rings (SSSR count). The van der Waals surface area contributed by atoms with E-state index in [-0.39, 0.29) is 0 Å². The molecule has 1 atom stereocenters. The van der Waals surface area contributed by atoms with Crippen LogP contribution in [0.1, 0.15) is 37.6 Å². The van der Waals surface area contributed by atoms with E-state index in [0.29, 0.717) is 4.22 Å². The van der Waals surface area contributed by atoms with Gasteiger partial charge >= 0.3 is 72.2 Å². The molecule has 0 saturated heterocycles. The molecule has 0 bridgehead atoms. The van der Waals surface area contributed by atoms with Crippen LogP contribution in [-0.2, 0) is 20.4 Å². The van der Waals surface area contributed by atoms with E-state index >= 15 is 0 Å². The third-order valence-electron chi connectivity index (χ3n) is 4.64. The van der Waals surface area contributed by atoms with E-state index in [1.165, 1.54) is 33.4 Å². The Bertz CT molecular complexity index is 978. The minimum atomic E-state index is 0.621. The molecule has 3 nitrogen and oxygen atoms in total. The van der Waals surface area contributed by atoms with Crippen molar-refractivity contribution in [1.29, 1.82) is 0 Å². The second-order valence-corrected chi connectivity index (χ2v) is 9.32. The molecule has 0 saturated carbocycles.